The van der Waals surface area contributed by atoms with Crippen molar-refractivity contribution in [1.82, 2.24) is 10.3 Å². The maximum Gasteiger partial charge on any atom is 0.124 e. The van der Waals surface area contributed by atoms with Crippen LogP contribution < -0.4 is 5.32 Å². The Bertz CT molecular complexity index is 527. The molecule has 2 aromatic rings. The predicted octanol–water partition coefficient (Wildman–Crippen LogP) is 4.51. The highest BCUT2D eigenvalue weighted by molar-refractivity contribution is 9.10. The molecule has 0 spiro atoms. The molecule has 1 N–H and O–H groups in total. The third-order valence-electron chi connectivity index (χ3n) is 2.54. The van der Waals surface area contributed by atoms with Crippen LogP contribution in [0.25, 0.3) is 10.6 Å². The van der Waals surface area contributed by atoms with Crippen LogP contribution in [0, 0.1) is 0 Å². The lowest BCUT2D eigenvalue weighted by atomic mass is 10.2. The van der Waals surface area contributed by atoms with Crippen molar-refractivity contribution < 1.29 is 0 Å². The standard InChI is InChI=1S/C12H12BrClN2S/c1-7(15-2)11-6-16-12(17-11)9-4-3-8(14)5-10(9)13/h3-7,15H,1-2H3. The number of aromatic nitrogens is 1. The van der Waals surface area contributed by atoms with E-state index in [-0.39, 0.29) is 0 Å². The molecule has 2 rings (SSSR count). The second kappa shape index (κ2) is 5.48. The second-order valence-electron chi connectivity index (χ2n) is 3.70. The molecule has 0 aliphatic heterocycles. The van der Waals surface area contributed by atoms with E-state index in [4.69, 9.17) is 11.6 Å². The molecule has 1 atom stereocenters. The van der Waals surface area contributed by atoms with Crippen molar-refractivity contribution in [3.8, 4) is 10.6 Å². The Morgan fingerprint density at radius 2 is 2.24 bits per heavy atom. The summed E-state index contributed by atoms with van der Waals surface area (Å²) in [5, 5.41) is 4.94. The lowest BCUT2D eigenvalue weighted by molar-refractivity contribution is 0.662. The largest absolute Gasteiger partial charge is 0.312 e. The molecule has 0 saturated carbocycles. The molecule has 1 aromatic carbocycles. The Labute approximate surface area is 118 Å². The zero-order valence-corrected chi connectivity index (χ0v) is 12.7. The number of nitrogens with one attached hydrogen (secondary N) is 1. The predicted molar refractivity (Wildman–Crippen MR) is 77.7 cm³/mol. The van der Waals surface area contributed by atoms with E-state index in [0.29, 0.717) is 6.04 Å². The van der Waals surface area contributed by atoms with Gasteiger partial charge in [0.15, 0.2) is 0 Å². The second-order valence-corrected chi connectivity index (χ2v) is 6.06. The van der Waals surface area contributed by atoms with Gasteiger partial charge in [0, 0.05) is 32.2 Å². The van der Waals surface area contributed by atoms with E-state index in [0.717, 1.165) is 20.1 Å². The molecule has 0 bridgehead atoms. The lowest BCUT2D eigenvalue weighted by Gasteiger charge is -2.05. The van der Waals surface area contributed by atoms with Crippen LogP contribution in [0.1, 0.15) is 17.8 Å². The first-order valence-electron chi connectivity index (χ1n) is 5.20. The third kappa shape index (κ3) is 2.88. The number of thiazole rings is 1. The van der Waals surface area contributed by atoms with Crippen molar-refractivity contribution in [3.05, 3.63) is 38.8 Å². The molecule has 0 aliphatic carbocycles. The summed E-state index contributed by atoms with van der Waals surface area (Å²) in [5.41, 5.74) is 1.08. The van der Waals surface area contributed by atoms with Crippen LogP contribution in [0.5, 0.6) is 0 Å². The van der Waals surface area contributed by atoms with Crippen LogP contribution >= 0.6 is 38.9 Å². The van der Waals surface area contributed by atoms with E-state index in [1.54, 1.807) is 11.3 Å². The number of nitrogens with zero attached hydrogens (tertiary/aromatic N) is 1. The molecule has 1 unspecified atom stereocenters. The van der Waals surface area contributed by atoms with E-state index in [1.165, 1.54) is 4.88 Å². The number of rotatable bonds is 3. The van der Waals surface area contributed by atoms with Gasteiger partial charge < -0.3 is 5.32 Å². The number of hydrogen-bond donors (Lipinski definition) is 1. The first-order valence-corrected chi connectivity index (χ1v) is 7.19. The summed E-state index contributed by atoms with van der Waals surface area (Å²) in [6, 6.07) is 6.08. The van der Waals surface area contributed by atoms with Gasteiger partial charge in [-0.15, -0.1) is 11.3 Å². The third-order valence-corrected chi connectivity index (χ3v) is 4.65. The molecule has 1 aromatic heterocycles. The monoisotopic (exact) mass is 330 g/mol. The maximum atomic E-state index is 5.93. The number of hydrogen-bond acceptors (Lipinski definition) is 3. The Morgan fingerprint density at radius 1 is 1.47 bits per heavy atom. The fourth-order valence-electron chi connectivity index (χ4n) is 1.42. The highest BCUT2D eigenvalue weighted by atomic mass is 79.9. The Kier molecular flexibility index (Phi) is 4.20. The molecule has 2 nitrogen and oxygen atoms in total. The zero-order chi connectivity index (χ0) is 12.4. The van der Waals surface area contributed by atoms with Gasteiger partial charge in [0.2, 0.25) is 0 Å². The molecule has 0 aliphatic rings. The fraction of sp³-hybridized carbons (Fsp3) is 0.250. The van der Waals surface area contributed by atoms with Gasteiger partial charge in [-0.1, -0.05) is 27.5 Å². The maximum absolute atomic E-state index is 5.93. The molecule has 0 fully saturated rings. The summed E-state index contributed by atoms with van der Waals surface area (Å²) in [7, 11) is 1.95. The van der Waals surface area contributed by atoms with E-state index in [2.05, 4.69) is 33.2 Å². The van der Waals surface area contributed by atoms with Gasteiger partial charge in [-0.25, -0.2) is 4.98 Å². The van der Waals surface area contributed by atoms with Crippen molar-refractivity contribution >= 4 is 38.9 Å². The van der Waals surface area contributed by atoms with Gasteiger partial charge in [0.25, 0.3) is 0 Å². The van der Waals surface area contributed by atoms with Crippen molar-refractivity contribution in [1.29, 1.82) is 0 Å². The summed E-state index contributed by atoms with van der Waals surface area (Å²) < 4.78 is 0.975. The molecular weight excluding hydrogens is 320 g/mol. The van der Waals surface area contributed by atoms with E-state index < -0.39 is 0 Å². The SMILES string of the molecule is CNC(C)c1cnc(-c2ccc(Cl)cc2Br)s1. The number of benzene rings is 1. The van der Waals surface area contributed by atoms with E-state index in [1.807, 2.05) is 31.4 Å². The molecule has 17 heavy (non-hydrogen) atoms. The quantitative estimate of drug-likeness (QED) is 0.895. The van der Waals surface area contributed by atoms with Crippen LogP contribution in [0.15, 0.2) is 28.9 Å². The topological polar surface area (TPSA) is 24.9 Å². The summed E-state index contributed by atoms with van der Waals surface area (Å²) in [5.74, 6) is 0. The first kappa shape index (κ1) is 13.0. The lowest BCUT2D eigenvalue weighted by Crippen LogP contribution is -2.10. The average molecular weight is 332 g/mol. The molecule has 5 heteroatoms. The summed E-state index contributed by atoms with van der Waals surface area (Å²) in [6.45, 7) is 2.12. The minimum absolute atomic E-state index is 0.326. The smallest absolute Gasteiger partial charge is 0.124 e. The normalized spacial score (nSPS) is 12.7. The van der Waals surface area contributed by atoms with Crippen molar-refractivity contribution in [2.75, 3.05) is 7.05 Å². The zero-order valence-electron chi connectivity index (χ0n) is 9.50. The molecule has 90 valence electrons. The Morgan fingerprint density at radius 3 is 2.88 bits per heavy atom. The summed E-state index contributed by atoms with van der Waals surface area (Å²) in [6.07, 6.45) is 1.92. The summed E-state index contributed by atoms with van der Waals surface area (Å²) in [4.78, 5) is 5.68. The van der Waals surface area contributed by atoms with Crippen LogP contribution in [-0.2, 0) is 0 Å². The van der Waals surface area contributed by atoms with Crippen LogP contribution in [0.3, 0.4) is 0 Å². The van der Waals surface area contributed by atoms with Crippen molar-refractivity contribution in [2.45, 2.75) is 13.0 Å². The average Bonchev–Trinajstić information content (AvgIpc) is 2.77. The first-order chi connectivity index (χ1) is 8.11. The van der Waals surface area contributed by atoms with Crippen molar-refractivity contribution in [3.63, 3.8) is 0 Å². The van der Waals surface area contributed by atoms with Gasteiger partial charge in [0.1, 0.15) is 5.01 Å². The molecule has 0 amide bonds. The van der Waals surface area contributed by atoms with E-state index >= 15 is 0 Å². The van der Waals surface area contributed by atoms with Crippen LogP contribution in [0.2, 0.25) is 5.02 Å². The minimum atomic E-state index is 0.326. The van der Waals surface area contributed by atoms with Gasteiger partial charge in [0.05, 0.1) is 0 Å². The van der Waals surface area contributed by atoms with Gasteiger partial charge in [-0.3, -0.25) is 0 Å². The minimum Gasteiger partial charge on any atom is -0.312 e. The molecule has 0 saturated heterocycles. The van der Waals surface area contributed by atoms with E-state index in [9.17, 15) is 0 Å². The molecule has 0 radical (unpaired) electrons. The van der Waals surface area contributed by atoms with Gasteiger partial charge in [-0.2, -0.15) is 0 Å². The van der Waals surface area contributed by atoms with Gasteiger partial charge >= 0.3 is 0 Å². The fourth-order valence-corrected chi connectivity index (χ4v) is 3.43. The molecule has 1 heterocycles. The number of halogens is 2. The highest BCUT2D eigenvalue weighted by Crippen LogP contribution is 2.34. The summed E-state index contributed by atoms with van der Waals surface area (Å²) >= 11 is 11.1. The highest BCUT2D eigenvalue weighted by Gasteiger charge is 2.11. The van der Waals surface area contributed by atoms with Crippen LogP contribution in [-0.4, -0.2) is 12.0 Å². The Balaban J connectivity index is 2.37. The van der Waals surface area contributed by atoms with Crippen molar-refractivity contribution in [2.24, 2.45) is 0 Å². The van der Waals surface area contributed by atoms with Crippen LogP contribution in [0.4, 0.5) is 0 Å². The van der Waals surface area contributed by atoms with Gasteiger partial charge in [-0.05, 0) is 32.2 Å². The Hall–Kier alpha value is -0.420. The molecular formula is C12H12BrClN2S.